The van der Waals surface area contributed by atoms with E-state index in [2.05, 4.69) is 15.1 Å². The second kappa shape index (κ2) is 3.31. The molecule has 6 heteroatoms. The number of hydrogen-bond donors (Lipinski definition) is 0. The molecule has 0 spiro atoms. The van der Waals surface area contributed by atoms with Crippen LogP contribution in [0.3, 0.4) is 0 Å². The lowest BCUT2D eigenvalue weighted by molar-refractivity contribution is 0.923. The van der Waals surface area contributed by atoms with Crippen molar-refractivity contribution in [3.05, 3.63) is 36.1 Å². The number of hydrogen-bond acceptors (Lipinski definition) is 3. The first-order chi connectivity index (χ1) is 7.77. The number of imidazole rings is 1. The van der Waals surface area contributed by atoms with Crippen LogP contribution < -0.4 is 0 Å². The van der Waals surface area contributed by atoms with Crippen molar-refractivity contribution in [3.8, 4) is 11.3 Å². The molecule has 0 fully saturated rings. The molecule has 0 saturated heterocycles. The predicted octanol–water partition coefficient (Wildman–Crippen LogP) is 1.78. The summed E-state index contributed by atoms with van der Waals surface area (Å²) >= 11 is 5.90. The van der Waals surface area contributed by atoms with Crippen LogP contribution in [0.5, 0.6) is 0 Å². The maximum atomic E-state index is 5.90. The van der Waals surface area contributed by atoms with E-state index >= 15 is 0 Å². The Morgan fingerprint density at radius 3 is 2.88 bits per heavy atom. The summed E-state index contributed by atoms with van der Waals surface area (Å²) in [5, 5.41) is 4.66. The standard InChI is InChI=1S/C10H8ClN5/c1-15-8(6-13-10(15)11)7-5-14-16-4-2-3-12-9(7)16/h2-6H,1H3. The van der Waals surface area contributed by atoms with E-state index in [-0.39, 0.29) is 0 Å². The van der Waals surface area contributed by atoms with E-state index in [0.717, 1.165) is 16.9 Å². The van der Waals surface area contributed by atoms with E-state index in [1.54, 1.807) is 27.7 Å². The molecule has 0 atom stereocenters. The van der Waals surface area contributed by atoms with Crippen molar-refractivity contribution < 1.29 is 0 Å². The zero-order chi connectivity index (χ0) is 11.1. The van der Waals surface area contributed by atoms with Crippen LogP contribution in [-0.2, 0) is 7.05 Å². The van der Waals surface area contributed by atoms with Gasteiger partial charge in [0.2, 0.25) is 5.28 Å². The quantitative estimate of drug-likeness (QED) is 0.644. The Bertz CT molecular complexity index is 654. The van der Waals surface area contributed by atoms with E-state index in [1.807, 2.05) is 19.3 Å². The van der Waals surface area contributed by atoms with Crippen LogP contribution in [0.15, 0.2) is 30.9 Å². The molecule has 5 nitrogen and oxygen atoms in total. The zero-order valence-electron chi connectivity index (χ0n) is 8.50. The summed E-state index contributed by atoms with van der Waals surface area (Å²) in [6.07, 6.45) is 7.06. The molecular weight excluding hydrogens is 226 g/mol. The van der Waals surface area contributed by atoms with E-state index in [0.29, 0.717) is 5.28 Å². The average molecular weight is 234 g/mol. The highest BCUT2D eigenvalue weighted by molar-refractivity contribution is 6.28. The van der Waals surface area contributed by atoms with Gasteiger partial charge in [-0.05, 0) is 17.7 Å². The van der Waals surface area contributed by atoms with Crippen LogP contribution >= 0.6 is 11.6 Å². The molecule has 0 aliphatic heterocycles. The van der Waals surface area contributed by atoms with Crippen molar-refractivity contribution in [2.45, 2.75) is 0 Å². The third kappa shape index (κ3) is 1.22. The van der Waals surface area contributed by atoms with E-state index < -0.39 is 0 Å². The van der Waals surface area contributed by atoms with Crippen LogP contribution in [0, 0.1) is 0 Å². The van der Waals surface area contributed by atoms with Crippen LogP contribution in [0.1, 0.15) is 0 Å². The molecule has 0 aliphatic carbocycles. The molecular formula is C10H8ClN5. The van der Waals surface area contributed by atoms with Gasteiger partial charge in [0.15, 0.2) is 5.65 Å². The normalized spacial score (nSPS) is 11.1. The lowest BCUT2D eigenvalue weighted by Crippen LogP contribution is -1.92. The van der Waals surface area contributed by atoms with Crippen molar-refractivity contribution in [3.63, 3.8) is 0 Å². The highest BCUT2D eigenvalue weighted by Gasteiger charge is 2.12. The summed E-state index contributed by atoms with van der Waals surface area (Å²) in [5.41, 5.74) is 2.61. The number of halogens is 1. The summed E-state index contributed by atoms with van der Waals surface area (Å²) in [7, 11) is 1.86. The number of rotatable bonds is 1. The third-order valence-corrected chi connectivity index (χ3v) is 2.84. The molecule has 3 rings (SSSR count). The molecule has 0 radical (unpaired) electrons. The minimum Gasteiger partial charge on any atom is -0.318 e. The second-order valence-electron chi connectivity index (χ2n) is 3.42. The molecule has 0 amide bonds. The van der Waals surface area contributed by atoms with Gasteiger partial charge in [0.05, 0.1) is 23.7 Å². The summed E-state index contributed by atoms with van der Waals surface area (Å²) in [4.78, 5) is 8.33. The van der Waals surface area contributed by atoms with Crippen LogP contribution in [0.25, 0.3) is 16.9 Å². The van der Waals surface area contributed by atoms with Crippen molar-refractivity contribution in [2.24, 2.45) is 7.05 Å². The number of aromatic nitrogens is 5. The maximum absolute atomic E-state index is 5.90. The Kier molecular flexibility index (Phi) is 1.94. The van der Waals surface area contributed by atoms with Crippen molar-refractivity contribution in [1.29, 1.82) is 0 Å². The highest BCUT2D eigenvalue weighted by Crippen LogP contribution is 2.24. The topological polar surface area (TPSA) is 48.0 Å². The van der Waals surface area contributed by atoms with Crippen molar-refractivity contribution in [1.82, 2.24) is 24.1 Å². The molecule has 80 valence electrons. The Labute approximate surface area is 96.3 Å². The first kappa shape index (κ1) is 9.35. The van der Waals surface area contributed by atoms with Crippen LogP contribution in [0.4, 0.5) is 0 Å². The summed E-state index contributed by atoms with van der Waals surface area (Å²) in [6.45, 7) is 0. The fourth-order valence-electron chi connectivity index (χ4n) is 1.65. The Hall–Kier alpha value is -1.88. The molecule has 3 aromatic heterocycles. The Morgan fingerprint density at radius 2 is 2.12 bits per heavy atom. The second-order valence-corrected chi connectivity index (χ2v) is 3.76. The molecule has 3 aromatic rings. The fourth-order valence-corrected chi connectivity index (χ4v) is 1.78. The lowest BCUT2D eigenvalue weighted by atomic mass is 10.2. The fraction of sp³-hybridized carbons (Fsp3) is 0.100. The molecule has 0 aromatic carbocycles. The van der Waals surface area contributed by atoms with Gasteiger partial charge in [0, 0.05) is 19.4 Å². The lowest BCUT2D eigenvalue weighted by Gasteiger charge is -1.99. The highest BCUT2D eigenvalue weighted by atomic mass is 35.5. The van der Waals surface area contributed by atoms with E-state index in [9.17, 15) is 0 Å². The monoisotopic (exact) mass is 233 g/mol. The first-order valence-electron chi connectivity index (χ1n) is 4.73. The smallest absolute Gasteiger partial charge is 0.202 e. The SMILES string of the molecule is Cn1c(-c2cnn3cccnc23)cnc1Cl. The molecule has 16 heavy (non-hydrogen) atoms. The van der Waals surface area contributed by atoms with Gasteiger partial charge < -0.3 is 4.57 Å². The molecule has 0 aliphatic rings. The molecule has 0 saturated carbocycles. The largest absolute Gasteiger partial charge is 0.318 e. The van der Waals surface area contributed by atoms with Gasteiger partial charge in [-0.2, -0.15) is 5.10 Å². The Morgan fingerprint density at radius 1 is 1.25 bits per heavy atom. The molecule has 3 heterocycles. The Balaban J connectivity index is 2.30. The third-order valence-electron chi connectivity index (χ3n) is 2.49. The predicted molar refractivity (Wildman–Crippen MR) is 60.2 cm³/mol. The van der Waals surface area contributed by atoms with Gasteiger partial charge in [-0.15, -0.1) is 0 Å². The van der Waals surface area contributed by atoms with Crippen molar-refractivity contribution >= 4 is 17.2 Å². The van der Waals surface area contributed by atoms with Gasteiger partial charge in [0.25, 0.3) is 0 Å². The zero-order valence-corrected chi connectivity index (χ0v) is 9.26. The minimum atomic E-state index is 0.449. The summed E-state index contributed by atoms with van der Waals surface area (Å²) in [6, 6.07) is 1.83. The van der Waals surface area contributed by atoms with E-state index in [1.165, 1.54) is 0 Å². The van der Waals surface area contributed by atoms with Gasteiger partial charge in [-0.3, -0.25) is 0 Å². The molecule has 0 N–H and O–H groups in total. The molecule has 0 unspecified atom stereocenters. The maximum Gasteiger partial charge on any atom is 0.202 e. The van der Waals surface area contributed by atoms with Gasteiger partial charge >= 0.3 is 0 Å². The first-order valence-corrected chi connectivity index (χ1v) is 5.11. The van der Waals surface area contributed by atoms with Gasteiger partial charge in [-0.25, -0.2) is 14.5 Å². The minimum absolute atomic E-state index is 0.449. The summed E-state index contributed by atoms with van der Waals surface area (Å²) in [5.74, 6) is 0. The van der Waals surface area contributed by atoms with Gasteiger partial charge in [0.1, 0.15) is 0 Å². The number of nitrogens with zero attached hydrogens (tertiary/aromatic N) is 5. The van der Waals surface area contributed by atoms with Crippen LogP contribution in [-0.4, -0.2) is 24.1 Å². The summed E-state index contributed by atoms with van der Waals surface area (Å²) < 4.78 is 3.52. The van der Waals surface area contributed by atoms with Crippen LogP contribution in [0.2, 0.25) is 5.28 Å². The van der Waals surface area contributed by atoms with Gasteiger partial charge in [-0.1, -0.05) is 0 Å². The average Bonchev–Trinajstić information content (AvgIpc) is 2.85. The van der Waals surface area contributed by atoms with E-state index in [4.69, 9.17) is 11.6 Å². The van der Waals surface area contributed by atoms with Crippen molar-refractivity contribution in [2.75, 3.05) is 0 Å². The molecule has 0 bridgehead atoms. The number of fused-ring (bicyclic) bond motifs is 1.